The molecular formula is C18H20N2O2. The van der Waals surface area contributed by atoms with E-state index < -0.39 is 0 Å². The lowest BCUT2D eigenvalue weighted by Gasteiger charge is -2.08. The molecule has 4 heteroatoms. The van der Waals surface area contributed by atoms with E-state index in [4.69, 9.17) is 0 Å². The molecule has 2 aromatic carbocycles. The van der Waals surface area contributed by atoms with Gasteiger partial charge in [-0.15, -0.1) is 0 Å². The molecule has 0 fully saturated rings. The lowest BCUT2D eigenvalue weighted by molar-refractivity contribution is -0.121. The number of benzene rings is 2. The van der Waals surface area contributed by atoms with Crippen LogP contribution in [0.15, 0.2) is 48.5 Å². The molecule has 4 nitrogen and oxygen atoms in total. The van der Waals surface area contributed by atoms with Gasteiger partial charge in [-0.05, 0) is 36.6 Å². The van der Waals surface area contributed by atoms with E-state index in [1.807, 2.05) is 43.3 Å². The van der Waals surface area contributed by atoms with Crippen LogP contribution in [-0.2, 0) is 17.6 Å². The third-order valence-electron chi connectivity index (χ3n) is 3.43. The van der Waals surface area contributed by atoms with E-state index in [1.54, 1.807) is 12.1 Å². The number of aryl methyl sites for hydroxylation is 2. The van der Waals surface area contributed by atoms with Crippen LogP contribution in [0.4, 0.5) is 0 Å². The lowest BCUT2D eigenvalue weighted by Crippen LogP contribution is -2.42. The summed E-state index contributed by atoms with van der Waals surface area (Å²) in [5.41, 5.74) is 8.60. The summed E-state index contributed by atoms with van der Waals surface area (Å²) in [7, 11) is 0. The van der Waals surface area contributed by atoms with Crippen LogP contribution in [0.1, 0.15) is 34.0 Å². The van der Waals surface area contributed by atoms with Crippen LogP contribution in [0, 0.1) is 6.92 Å². The molecule has 2 rings (SSSR count). The van der Waals surface area contributed by atoms with Crippen LogP contribution < -0.4 is 10.9 Å². The summed E-state index contributed by atoms with van der Waals surface area (Å²) in [5.74, 6) is -0.567. The molecule has 0 heterocycles. The van der Waals surface area contributed by atoms with Gasteiger partial charge >= 0.3 is 0 Å². The second-order valence-electron chi connectivity index (χ2n) is 5.22. The first-order valence-corrected chi connectivity index (χ1v) is 7.32. The quantitative estimate of drug-likeness (QED) is 0.852. The fourth-order valence-corrected chi connectivity index (χ4v) is 2.03. The predicted molar refractivity (Wildman–Crippen MR) is 86.3 cm³/mol. The number of hydrogen-bond donors (Lipinski definition) is 2. The first-order valence-electron chi connectivity index (χ1n) is 7.32. The minimum absolute atomic E-state index is 0.231. The fraction of sp³-hybridized carbons (Fsp3) is 0.222. The van der Waals surface area contributed by atoms with Crippen molar-refractivity contribution < 1.29 is 9.59 Å². The molecule has 0 aliphatic heterocycles. The highest BCUT2D eigenvalue weighted by atomic mass is 16.2. The Kier molecular flexibility index (Phi) is 5.31. The summed E-state index contributed by atoms with van der Waals surface area (Å²) in [4.78, 5) is 23.7. The van der Waals surface area contributed by atoms with Crippen molar-refractivity contribution in [2.24, 2.45) is 0 Å². The number of hydrazine groups is 1. The summed E-state index contributed by atoms with van der Waals surface area (Å²) in [6, 6.07) is 15.0. The van der Waals surface area contributed by atoms with Gasteiger partial charge in [-0.2, -0.15) is 0 Å². The summed E-state index contributed by atoms with van der Waals surface area (Å²) in [5, 5.41) is 0. The Morgan fingerprint density at radius 2 is 1.45 bits per heavy atom. The lowest BCUT2D eigenvalue weighted by atomic mass is 10.1. The highest BCUT2D eigenvalue weighted by Crippen LogP contribution is 2.05. The Morgan fingerprint density at radius 1 is 0.864 bits per heavy atom. The van der Waals surface area contributed by atoms with Gasteiger partial charge < -0.3 is 0 Å². The van der Waals surface area contributed by atoms with Crippen molar-refractivity contribution >= 4 is 11.8 Å². The molecule has 0 radical (unpaired) electrons. The van der Waals surface area contributed by atoms with E-state index in [1.165, 1.54) is 5.56 Å². The molecule has 0 unspecified atom stereocenters. The van der Waals surface area contributed by atoms with Gasteiger partial charge in [-0.3, -0.25) is 20.4 Å². The molecule has 0 bridgehead atoms. The van der Waals surface area contributed by atoms with Crippen molar-refractivity contribution in [2.75, 3.05) is 0 Å². The van der Waals surface area contributed by atoms with Gasteiger partial charge in [0.15, 0.2) is 0 Å². The highest BCUT2D eigenvalue weighted by Gasteiger charge is 2.07. The van der Waals surface area contributed by atoms with Crippen molar-refractivity contribution in [3.05, 3.63) is 70.8 Å². The molecule has 2 N–H and O–H groups in total. The number of carbonyl (C=O) groups is 2. The first kappa shape index (κ1) is 15.8. The molecule has 0 saturated heterocycles. The third kappa shape index (κ3) is 4.45. The smallest absolute Gasteiger partial charge is 0.269 e. The van der Waals surface area contributed by atoms with Crippen molar-refractivity contribution in [3.63, 3.8) is 0 Å². The Labute approximate surface area is 130 Å². The number of nitrogens with one attached hydrogen (secondary N) is 2. The fourth-order valence-electron chi connectivity index (χ4n) is 2.03. The summed E-state index contributed by atoms with van der Waals surface area (Å²) in [6.07, 6.45) is 1.16. The average Bonchev–Trinajstić information content (AvgIpc) is 2.55. The topological polar surface area (TPSA) is 58.2 Å². The summed E-state index contributed by atoms with van der Waals surface area (Å²) in [6.45, 7) is 4.05. The van der Waals surface area contributed by atoms with Crippen molar-refractivity contribution in [1.82, 2.24) is 10.9 Å². The van der Waals surface area contributed by atoms with E-state index in [0.29, 0.717) is 5.56 Å². The minimum Gasteiger partial charge on any atom is -0.273 e. The van der Waals surface area contributed by atoms with Crippen LogP contribution in [0.2, 0.25) is 0 Å². The predicted octanol–water partition coefficient (Wildman–Crippen LogP) is 2.56. The monoisotopic (exact) mass is 296 g/mol. The van der Waals surface area contributed by atoms with Crippen LogP contribution in [0.25, 0.3) is 0 Å². The third-order valence-corrected chi connectivity index (χ3v) is 3.43. The highest BCUT2D eigenvalue weighted by molar-refractivity contribution is 5.95. The Balaban J connectivity index is 1.84. The average molecular weight is 296 g/mol. The van der Waals surface area contributed by atoms with Crippen molar-refractivity contribution in [3.8, 4) is 0 Å². The second kappa shape index (κ2) is 7.41. The molecule has 0 saturated carbocycles. The van der Waals surface area contributed by atoms with Crippen LogP contribution in [0.3, 0.4) is 0 Å². The SMILES string of the molecule is CCc1ccc(C(=O)NNC(=O)Cc2ccc(C)cc2)cc1. The van der Waals surface area contributed by atoms with Gasteiger partial charge in [0, 0.05) is 5.56 Å². The van der Waals surface area contributed by atoms with E-state index in [9.17, 15) is 9.59 Å². The Morgan fingerprint density at radius 3 is 2.05 bits per heavy atom. The van der Waals surface area contributed by atoms with Crippen LogP contribution in [-0.4, -0.2) is 11.8 Å². The molecule has 0 aliphatic rings. The molecule has 0 aliphatic carbocycles. The van der Waals surface area contributed by atoms with Gasteiger partial charge in [0.2, 0.25) is 5.91 Å². The molecule has 22 heavy (non-hydrogen) atoms. The maximum atomic E-state index is 11.9. The van der Waals surface area contributed by atoms with Gasteiger partial charge in [0.1, 0.15) is 0 Å². The molecular weight excluding hydrogens is 276 g/mol. The number of carbonyl (C=O) groups excluding carboxylic acids is 2. The zero-order valence-corrected chi connectivity index (χ0v) is 12.8. The second-order valence-corrected chi connectivity index (χ2v) is 5.22. The van der Waals surface area contributed by atoms with Gasteiger partial charge in [0.05, 0.1) is 6.42 Å². The number of hydrogen-bond acceptors (Lipinski definition) is 2. The van der Waals surface area contributed by atoms with Crippen LogP contribution in [0.5, 0.6) is 0 Å². The van der Waals surface area contributed by atoms with Gasteiger partial charge in [-0.25, -0.2) is 0 Å². The van der Waals surface area contributed by atoms with Gasteiger partial charge in [0.25, 0.3) is 5.91 Å². The molecule has 2 aromatic rings. The van der Waals surface area contributed by atoms with E-state index >= 15 is 0 Å². The normalized spacial score (nSPS) is 10.1. The molecule has 0 spiro atoms. The maximum Gasteiger partial charge on any atom is 0.269 e. The van der Waals surface area contributed by atoms with Gasteiger partial charge in [-0.1, -0.05) is 48.9 Å². The Bertz CT molecular complexity index is 646. The maximum absolute atomic E-state index is 11.9. The molecule has 114 valence electrons. The van der Waals surface area contributed by atoms with Crippen molar-refractivity contribution in [1.29, 1.82) is 0 Å². The molecule has 0 atom stereocenters. The molecule has 0 aromatic heterocycles. The van der Waals surface area contributed by atoms with E-state index in [2.05, 4.69) is 17.8 Å². The zero-order valence-electron chi connectivity index (χ0n) is 12.8. The zero-order chi connectivity index (χ0) is 15.9. The minimum atomic E-state index is -0.320. The number of amides is 2. The van der Waals surface area contributed by atoms with E-state index in [-0.39, 0.29) is 18.2 Å². The summed E-state index contributed by atoms with van der Waals surface area (Å²) < 4.78 is 0. The summed E-state index contributed by atoms with van der Waals surface area (Å²) >= 11 is 0. The number of rotatable bonds is 4. The van der Waals surface area contributed by atoms with Crippen LogP contribution >= 0.6 is 0 Å². The standard InChI is InChI=1S/C18H20N2O2/c1-3-14-8-10-16(11-9-14)18(22)20-19-17(21)12-15-6-4-13(2)5-7-15/h4-11H,3,12H2,1-2H3,(H,19,21)(H,20,22). The molecule has 2 amide bonds. The first-order chi connectivity index (χ1) is 10.6. The van der Waals surface area contributed by atoms with E-state index in [0.717, 1.165) is 17.5 Å². The Hall–Kier alpha value is -2.62. The largest absolute Gasteiger partial charge is 0.273 e. The van der Waals surface area contributed by atoms with Crippen molar-refractivity contribution in [2.45, 2.75) is 26.7 Å².